The summed E-state index contributed by atoms with van der Waals surface area (Å²) in [5.41, 5.74) is 6.02. The Balaban J connectivity index is 1.45. The Labute approximate surface area is 211 Å². The van der Waals surface area contributed by atoms with Gasteiger partial charge in [0.25, 0.3) is 11.7 Å². The Morgan fingerprint density at radius 1 is 1.08 bits per heavy atom. The third-order valence-electron chi connectivity index (χ3n) is 5.00. The van der Waals surface area contributed by atoms with Crippen molar-refractivity contribution >= 4 is 29.9 Å². The van der Waals surface area contributed by atoms with Gasteiger partial charge in [-0.3, -0.25) is 4.79 Å². The number of ether oxygens (including phenoxy) is 1. The number of amides is 1. The molecule has 0 bridgehead atoms. The lowest BCUT2D eigenvalue weighted by Crippen LogP contribution is -2.34. The van der Waals surface area contributed by atoms with Crippen LogP contribution in [0.2, 0.25) is 0 Å². The molecule has 0 spiro atoms. The van der Waals surface area contributed by atoms with Crippen LogP contribution < -0.4 is 19.8 Å². The van der Waals surface area contributed by atoms with Gasteiger partial charge in [0.15, 0.2) is 0 Å². The summed E-state index contributed by atoms with van der Waals surface area (Å²) in [6.07, 6.45) is 1.39. The van der Waals surface area contributed by atoms with E-state index in [1.807, 2.05) is 66.1 Å². The highest BCUT2D eigenvalue weighted by Crippen LogP contribution is 2.20. The first-order chi connectivity index (χ1) is 17.5. The summed E-state index contributed by atoms with van der Waals surface area (Å²) in [7, 11) is 0. The van der Waals surface area contributed by atoms with Gasteiger partial charge in [-0.1, -0.05) is 48.0 Å². The molecular weight excluding hydrogens is 478 g/mol. The fourth-order valence-corrected chi connectivity index (χ4v) is 4.07. The van der Waals surface area contributed by atoms with E-state index in [0.717, 1.165) is 22.6 Å². The maximum atomic E-state index is 12.5. The smallest absolute Gasteiger partial charge is 0.342 e. The molecule has 1 amide bonds. The molecule has 0 aliphatic rings. The SMILES string of the molecule is Cc1ccc(-[n+]2c(SCC(=O)N/N=C/c3ccccc3OCC(=O)[O-])n[nH]c2-c2ccccc2)cc1. The van der Waals surface area contributed by atoms with E-state index >= 15 is 0 Å². The van der Waals surface area contributed by atoms with Crippen LogP contribution in [0, 0.1) is 6.92 Å². The quantitative estimate of drug-likeness (QED) is 0.148. The molecule has 0 unspecified atom stereocenters. The second-order valence-corrected chi connectivity index (χ2v) is 8.61. The zero-order valence-electron chi connectivity index (χ0n) is 19.4. The first-order valence-corrected chi connectivity index (χ1v) is 12.0. The largest absolute Gasteiger partial charge is 0.546 e. The molecular formula is C26H23N5O4S. The number of rotatable bonds is 10. The Morgan fingerprint density at radius 3 is 2.56 bits per heavy atom. The molecule has 0 aliphatic carbocycles. The molecule has 0 fully saturated rings. The lowest BCUT2D eigenvalue weighted by Gasteiger charge is -2.08. The van der Waals surface area contributed by atoms with Crippen molar-refractivity contribution in [3.63, 3.8) is 0 Å². The van der Waals surface area contributed by atoms with Crippen LogP contribution in [-0.4, -0.2) is 40.6 Å². The van der Waals surface area contributed by atoms with Crippen molar-refractivity contribution in [3.8, 4) is 22.8 Å². The fraction of sp³-hybridized carbons (Fsp3) is 0.115. The highest BCUT2D eigenvalue weighted by atomic mass is 32.2. The van der Waals surface area contributed by atoms with Crippen molar-refractivity contribution in [2.75, 3.05) is 12.4 Å². The molecule has 2 N–H and O–H groups in total. The van der Waals surface area contributed by atoms with E-state index < -0.39 is 12.6 Å². The Bertz CT molecular complexity index is 1370. The number of carboxylic acids is 1. The van der Waals surface area contributed by atoms with Crippen LogP contribution in [0.5, 0.6) is 5.75 Å². The minimum absolute atomic E-state index is 0.0745. The van der Waals surface area contributed by atoms with E-state index in [2.05, 4.69) is 20.7 Å². The van der Waals surface area contributed by atoms with Gasteiger partial charge in [-0.05, 0) is 55.1 Å². The van der Waals surface area contributed by atoms with Crippen molar-refractivity contribution in [1.82, 2.24) is 15.6 Å². The molecule has 0 radical (unpaired) electrons. The summed E-state index contributed by atoms with van der Waals surface area (Å²) < 4.78 is 7.15. The molecule has 3 aromatic carbocycles. The van der Waals surface area contributed by atoms with Gasteiger partial charge < -0.3 is 14.6 Å². The predicted octanol–water partition coefficient (Wildman–Crippen LogP) is 2.03. The molecule has 182 valence electrons. The number of aryl methyl sites for hydroxylation is 1. The lowest BCUT2D eigenvalue weighted by molar-refractivity contribution is -0.625. The van der Waals surface area contributed by atoms with Crippen molar-refractivity contribution in [2.45, 2.75) is 12.1 Å². The van der Waals surface area contributed by atoms with Gasteiger partial charge >= 0.3 is 5.16 Å². The highest BCUT2D eigenvalue weighted by Gasteiger charge is 2.24. The number of aromatic nitrogens is 3. The summed E-state index contributed by atoms with van der Waals surface area (Å²) in [4.78, 5) is 23.1. The lowest BCUT2D eigenvalue weighted by atomic mass is 10.2. The third-order valence-corrected chi connectivity index (χ3v) is 5.94. The zero-order valence-corrected chi connectivity index (χ0v) is 20.2. The number of nitrogens with one attached hydrogen (secondary N) is 2. The minimum Gasteiger partial charge on any atom is -0.546 e. The van der Waals surface area contributed by atoms with Crippen LogP contribution in [-0.2, 0) is 9.59 Å². The first kappa shape index (κ1) is 24.7. The molecule has 36 heavy (non-hydrogen) atoms. The number of carbonyl (C=O) groups excluding carboxylic acids is 2. The maximum Gasteiger partial charge on any atom is 0.342 e. The molecule has 0 aliphatic heterocycles. The van der Waals surface area contributed by atoms with E-state index in [1.165, 1.54) is 18.0 Å². The number of hydrazone groups is 1. The van der Waals surface area contributed by atoms with E-state index in [9.17, 15) is 14.7 Å². The normalized spacial score (nSPS) is 10.9. The van der Waals surface area contributed by atoms with Crippen LogP contribution in [0.15, 0.2) is 89.1 Å². The number of para-hydroxylation sites is 1. The summed E-state index contributed by atoms with van der Waals surface area (Å²) in [6, 6.07) is 24.6. The second-order valence-electron chi connectivity index (χ2n) is 7.67. The average molecular weight is 502 g/mol. The summed E-state index contributed by atoms with van der Waals surface area (Å²) in [5, 5.41) is 22.8. The van der Waals surface area contributed by atoms with E-state index in [1.54, 1.807) is 24.3 Å². The van der Waals surface area contributed by atoms with Crippen molar-refractivity contribution < 1.29 is 24.0 Å². The number of hydrogen-bond donors (Lipinski definition) is 2. The number of carbonyl (C=O) groups is 2. The van der Waals surface area contributed by atoms with Gasteiger partial charge in [-0.2, -0.15) is 9.67 Å². The van der Waals surface area contributed by atoms with Gasteiger partial charge in [0, 0.05) is 5.56 Å². The summed E-state index contributed by atoms with van der Waals surface area (Å²) >= 11 is 1.27. The zero-order chi connectivity index (χ0) is 25.3. The number of aromatic amines is 1. The molecule has 1 aromatic heterocycles. The van der Waals surface area contributed by atoms with Crippen LogP contribution in [0.4, 0.5) is 0 Å². The molecule has 10 heteroatoms. The number of aliphatic carboxylic acids is 1. The van der Waals surface area contributed by atoms with Gasteiger partial charge in [-0.15, -0.1) is 5.10 Å². The van der Waals surface area contributed by atoms with Gasteiger partial charge in [0.05, 0.1) is 28.6 Å². The van der Waals surface area contributed by atoms with E-state index in [4.69, 9.17) is 4.74 Å². The molecule has 9 nitrogen and oxygen atoms in total. The van der Waals surface area contributed by atoms with Crippen LogP contribution >= 0.6 is 11.8 Å². The van der Waals surface area contributed by atoms with Crippen molar-refractivity contribution in [3.05, 3.63) is 90.0 Å². The molecule has 1 heterocycles. The second kappa shape index (κ2) is 11.8. The Kier molecular flexibility index (Phi) is 8.09. The number of thioether (sulfide) groups is 1. The number of nitrogens with zero attached hydrogens (tertiary/aromatic N) is 3. The van der Waals surface area contributed by atoms with Crippen LogP contribution in [0.3, 0.4) is 0 Å². The average Bonchev–Trinajstić information content (AvgIpc) is 3.32. The van der Waals surface area contributed by atoms with Gasteiger partial charge in [0.2, 0.25) is 0 Å². The Hall–Kier alpha value is -4.44. The predicted molar refractivity (Wildman–Crippen MR) is 134 cm³/mol. The highest BCUT2D eigenvalue weighted by molar-refractivity contribution is 7.99. The van der Waals surface area contributed by atoms with Crippen molar-refractivity contribution in [1.29, 1.82) is 0 Å². The number of benzene rings is 3. The first-order valence-electron chi connectivity index (χ1n) is 11.0. The molecule has 0 saturated carbocycles. The van der Waals surface area contributed by atoms with Crippen LogP contribution in [0.1, 0.15) is 11.1 Å². The maximum absolute atomic E-state index is 12.5. The van der Waals surface area contributed by atoms with Gasteiger partial charge in [-0.25, -0.2) is 5.43 Å². The van der Waals surface area contributed by atoms with E-state index in [-0.39, 0.29) is 11.7 Å². The number of H-pyrrole nitrogens is 1. The topological polar surface area (TPSA) is 123 Å². The molecule has 0 atom stereocenters. The third kappa shape index (κ3) is 6.36. The van der Waals surface area contributed by atoms with Crippen molar-refractivity contribution in [2.24, 2.45) is 5.10 Å². The summed E-state index contributed by atoms with van der Waals surface area (Å²) in [5.74, 6) is -0.468. The monoisotopic (exact) mass is 501 g/mol. The minimum atomic E-state index is -1.33. The Morgan fingerprint density at radius 2 is 1.81 bits per heavy atom. The molecule has 0 saturated heterocycles. The molecule has 4 aromatic rings. The number of carboxylic acid groups (broad SMARTS) is 1. The fourth-order valence-electron chi connectivity index (χ4n) is 3.31. The molecule has 4 rings (SSSR count). The standard InChI is InChI=1S/C26H23N5O4S/c1-18-11-13-21(14-12-18)31-25(19-7-3-2-4-8-19)29-30-26(31)36-17-23(32)28-27-15-20-9-5-6-10-22(20)35-16-24(33)34/h2-15H,16-17H2,1H3,(H2,28,32,33,34)/b27-15+. The van der Waals surface area contributed by atoms with Gasteiger partial charge in [0.1, 0.15) is 18.0 Å². The van der Waals surface area contributed by atoms with E-state index in [0.29, 0.717) is 16.5 Å². The summed E-state index contributed by atoms with van der Waals surface area (Å²) in [6.45, 7) is 1.44. The van der Waals surface area contributed by atoms with Crippen LogP contribution in [0.25, 0.3) is 17.1 Å². The number of hydrogen-bond acceptors (Lipinski definition) is 7.